The quantitative estimate of drug-likeness (QED) is 0.590. The minimum absolute atomic E-state index is 0.423. The van der Waals surface area contributed by atoms with Gasteiger partial charge in [0.1, 0.15) is 0 Å². The highest BCUT2D eigenvalue weighted by Gasteiger charge is 2.14. The Morgan fingerprint density at radius 3 is 2.54 bits per heavy atom. The first kappa shape index (κ1) is 16.6. The molecule has 126 valence electrons. The third kappa shape index (κ3) is 3.79. The number of rotatable bonds is 7. The molecule has 3 aromatic rings. The highest BCUT2D eigenvalue weighted by atomic mass is 79.9. The van der Waals surface area contributed by atoms with E-state index in [2.05, 4.69) is 26.1 Å². The summed E-state index contributed by atoms with van der Waals surface area (Å²) >= 11 is 3.25. The van der Waals surface area contributed by atoms with Gasteiger partial charge in [0.2, 0.25) is 11.7 Å². The van der Waals surface area contributed by atoms with Crippen molar-refractivity contribution in [1.29, 1.82) is 0 Å². The number of benzene rings is 1. The molecule has 2 heterocycles. The molecule has 0 N–H and O–H groups in total. The molecule has 3 rings (SSSR count). The first-order valence-electron chi connectivity index (χ1n) is 7.66. The Labute approximate surface area is 147 Å². The summed E-state index contributed by atoms with van der Waals surface area (Å²) in [4.78, 5) is 4.36. The fourth-order valence-corrected chi connectivity index (χ4v) is 2.55. The predicted molar refractivity (Wildman–Crippen MR) is 91.3 cm³/mol. The molecule has 6 nitrogen and oxygen atoms in total. The monoisotopic (exact) mass is 392 g/mol. The Balaban J connectivity index is 1.78. The second-order valence-electron chi connectivity index (χ2n) is 4.94. The Hall–Kier alpha value is -2.28. The van der Waals surface area contributed by atoms with Crippen LogP contribution < -0.4 is 9.47 Å². The van der Waals surface area contributed by atoms with Gasteiger partial charge in [0.05, 0.1) is 19.6 Å². The van der Waals surface area contributed by atoms with E-state index in [1.807, 2.05) is 32.0 Å². The van der Waals surface area contributed by atoms with Crippen LogP contribution in [0.25, 0.3) is 11.6 Å². The van der Waals surface area contributed by atoms with Crippen LogP contribution in [0.1, 0.15) is 25.3 Å². The molecular weight excluding hydrogens is 376 g/mol. The summed E-state index contributed by atoms with van der Waals surface area (Å²) in [7, 11) is 0. The van der Waals surface area contributed by atoms with Gasteiger partial charge in [-0.3, -0.25) is 0 Å². The zero-order valence-electron chi connectivity index (χ0n) is 13.4. The van der Waals surface area contributed by atoms with E-state index in [1.54, 1.807) is 12.1 Å². The fourth-order valence-electron chi connectivity index (χ4n) is 2.24. The van der Waals surface area contributed by atoms with Crippen LogP contribution in [0.4, 0.5) is 0 Å². The minimum atomic E-state index is 0.423. The summed E-state index contributed by atoms with van der Waals surface area (Å²) in [5.74, 6) is 2.93. The Morgan fingerprint density at radius 2 is 1.83 bits per heavy atom. The summed E-state index contributed by atoms with van der Waals surface area (Å²) in [6.07, 6.45) is 0.501. The second kappa shape index (κ2) is 7.53. The van der Waals surface area contributed by atoms with Gasteiger partial charge in [-0.05, 0) is 59.6 Å². The van der Waals surface area contributed by atoms with Crippen LogP contribution in [-0.2, 0) is 6.42 Å². The van der Waals surface area contributed by atoms with Crippen LogP contribution >= 0.6 is 15.9 Å². The van der Waals surface area contributed by atoms with Crippen molar-refractivity contribution in [2.24, 2.45) is 0 Å². The molecule has 0 fully saturated rings. The number of hydrogen-bond donors (Lipinski definition) is 0. The zero-order valence-corrected chi connectivity index (χ0v) is 15.0. The second-order valence-corrected chi connectivity index (χ2v) is 5.72. The summed E-state index contributed by atoms with van der Waals surface area (Å²) in [5, 5.41) is 3.95. The Bertz CT molecular complexity index is 813. The maximum atomic E-state index is 5.63. The fraction of sp³-hybridized carbons (Fsp3) is 0.294. The molecule has 0 spiro atoms. The lowest BCUT2D eigenvalue weighted by Gasteiger charge is -2.11. The van der Waals surface area contributed by atoms with E-state index in [0.717, 1.165) is 11.3 Å². The van der Waals surface area contributed by atoms with Crippen molar-refractivity contribution in [2.75, 3.05) is 13.2 Å². The third-order valence-corrected chi connectivity index (χ3v) is 3.65. The zero-order chi connectivity index (χ0) is 16.9. The van der Waals surface area contributed by atoms with Gasteiger partial charge in [0.25, 0.3) is 0 Å². The van der Waals surface area contributed by atoms with Crippen LogP contribution in [0.5, 0.6) is 11.5 Å². The van der Waals surface area contributed by atoms with Crippen molar-refractivity contribution >= 4 is 15.9 Å². The molecule has 0 bridgehead atoms. The number of furan rings is 1. The standard InChI is InChI=1S/C17H17BrN2O4/c1-3-21-12-6-5-11(9-14(12)22-4-2)10-16-19-17(20-24-16)13-7-8-15(18)23-13/h5-9H,3-4,10H2,1-2H3. The van der Waals surface area contributed by atoms with Crippen LogP contribution in [0, 0.1) is 0 Å². The van der Waals surface area contributed by atoms with Crippen LogP contribution in [0.3, 0.4) is 0 Å². The number of hydrogen-bond acceptors (Lipinski definition) is 6. The average molecular weight is 393 g/mol. The van der Waals surface area contributed by atoms with Crippen molar-refractivity contribution in [3.05, 3.63) is 46.5 Å². The number of nitrogens with zero attached hydrogens (tertiary/aromatic N) is 2. The maximum absolute atomic E-state index is 5.63. The predicted octanol–water partition coefficient (Wildman–Crippen LogP) is 4.48. The van der Waals surface area contributed by atoms with Crippen LogP contribution in [0.15, 0.2) is 43.9 Å². The highest BCUT2D eigenvalue weighted by Crippen LogP contribution is 2.29. The van der Waals surface area contributed by atoms with Gasteiger partial charge in [0, 0.05) is 0 Å². The van der Waals surface area contributed by atoms with Gasteiger partial charge in [-0.1, -0.05) is 11.2 Å². The van der Waals surface area contributed by atoms with E-state index < -0.39 is 0 Å². The summed E-state index contributed by atoms with van der Waals surface area (Å²) in [5.41, 5.74) is 0.998. The van der Waals surface area contributed by atoms with E-state index >= 15 is 0 Å². The lowest BCUT2D eigenvalue weighted by atomic mass is 10.1. The molecule has 7 heteroatoms. The van der Waals surface area contributed by atoms with Crippen molar-refractivity contribution < 1.29 is 18.4 Å². The first-order valence-corrected chi connectivity index (χ1v) is 8.45. The minimum Gasteiger partial charge on any atom is -0.490 e. The van der Waals surface area contributed by atoms with Crippen LogP contribution in [-0.4, -0.2) is 23.4 Å². The largest absolute Gasteiger partial charge is 0.490 e. The van der Waals surface area contributed by atoms with Crippen molar-refractivity contribution in [2.45, 2.75) is 20.3 Å². The molecular formula is C17H17BrN2O4. The normalized spacial score (nSPS) is 10.8. The topological polar surface area (TPSA) is 70.5 Å². The van der Waals surface area contributed by atoms with Gasteiger partial charge in [-0.25, -0.2) is 0 Å². The number of halogens is 1. The summed E-state index contributed by atoms with van der Waals surface area (Å²) in [6, 6.07) is 9.35. The molecule has 1 aromatic carbocycles. The van der Waals surface area contributed by atoms with Gasteiger partial charge in [-0.15, -0.1) is 0 Å². The van der Waals surface area contributed by atoms with Crippen molar-refractivity contribution in [1.82, 2.24) is 10.1 Å². The Morgan fingerprint density at radius 1 is 1.04 bits per heavy atom. The molecule has 2 aromatic heterocycles. The highest BCUT2D eigenvalue weighted by molar-refractivity contribution is 9.10. The Kier molecular flexibility index (Phi) is 5.20. The van der Waals surface area contributed by atoms with E-state index in [4.69, 9.17) is 18.4 Å². The summed E-state index contributed by atoms with van der Waals surface area (Å²) < 4.78 is 22.5. The molecule has 0 saturated carbocycles. The van der Waals surface area contributed by atoms with E-state index in [0.29, 0.717) is 47.5 Å². The van der Waals surface area contributed by atoms with E-state index in [-0.39, 0.29) is 0 Å². The molecule has 24 heavy (non-hydrogen) atoms. The molecule has 0 radical (unpaired) electrons. The number of ether oxygens (including phenoxy) is 2. The molecule has 0 atom stereocenters. The molecule has 0 aliphatic carbocycles. The molecule has 0 unspecified atom stereocenters. The molecule has 0 aliphatic rings. The molecule has 0 aliphatic heterocycles. The van der Waals surface area contributed by atoms with Gasteiger partial charge in [0.15, 0.2) is 21.9 Å². The van der Waals surface area contributed by atoms with Crippen molar-refractivity contribution in [3.8, 4) is 23.1 Å². The van der Waals surface area contributed by atoms with Gasteiger partial charge < -0.3 is 18.4 Å². The van der Waals surface area contributed by atoms with E-state index in [9.17, 15) is 0 Å². The maximum Gasteiger partial charge on any atom is 0.238 e. The lowest BCUT2D eigenvalue weighted by Crippen LogP contribution is -1.99. The summed E-state index contributed by atoms with van der Waals surface area (Å²) in [6.45, 7) is 5.04. The van der Waals surface area contributed by atoms with Gasteiger partial charge in [-0.2, -0.15) is 4.98 Å². The number of aromatic nitrogens is 2. The van der Waals surface area contributed by atoms with Crippen LogP contribution in [0.2, 0.25) is 0 Å². The SMILES string of the molecule is CCOc1ccc(Cc2nc(-c3ccc(Br)o3)no2)cc1OCC. The molecule has 0 amide bonds. The molecule has 0 saturated heterocycles. The lowest BCUT2D eigenvalue weighted by molar-refractivity contribution is 0.287. The first-order chi connectivity index (χ1) is 11.7. The smallest absolute Gasteiger partial charge is 0.238 e. The third-order valence-electron chi connectivity index (χ3n) is 3.22. The van der Waals surface area contributed by atoms with E-state index in [1.165, 1.54) is 0 Å². The van der Waals surface area contributed by atoms with Crippen molar-refractivity contribution in [3.63, 3.8) is 0 Å². The average Bonchev–Trinajstić information content (AvgIpc) is 3.19. The van der Waals surface area contributed by atoms with Gasteiger partial charge >= 0.3 is 0 Å².